The van der Waals surface area contributed by atoms with Crippen LogP contribution < -0.4 is 4.90 Å². The van der Waals surface area contributed by atoms with E-state index in [1.165, 1.54) is 0 Å². The average molecular weight is 456 g/mol. The number of halogens is 1. The molecule has 32 heavy (non-hydrogen) atoms. The normalized spacial score (nSPS) is 20.0. The number of aliphatic carboxylic acids is 1. The molecule has 1 atom stereocenters. The van der Waals surface area contributed by atoms with Crippen molar-refractivity contribution in [2.45, 2.75) is 19.4 Å². The van der Waals surface area contributed by atoms with Crippen molar-refractivity contribution in [2.75, 3.05) is 44.3 Å². The Morgan fingerprint density at radius 2 is 1.97 bits per heavy atom. The van der Waals surface area contributed by atoms with E-state index in [-0.39, 0.29) is 5.92 Å². The summed E-state index contributed by atoms with van der Waals surface area (Å²) < 4.78 is 5.43. The first-order chi connectivity index (χ1) is 15.6. The Bertz CT molecular complexity index is 1110. The summed E-state index contributed by atoms with van der Waals surface area (Å²) >= 11 is 6.57. The zero-order valence-electron chi connectivity index (χ0n) is 17.8. The topological polar surface area (TPSA) is 94.6 Å². The van der Waals surface area contributed by atoms with Crippen molar-refractivity contribution in [3.05, 3.63) is 41.2 Å². The molecular formula is C23H26ClN5O3. The number of carboxylic acid groups (broad SMARTS) is 1. The molecule has 0 radical (unpaired) electrons. The predicted octanol–water partition coefficient (Wildman–Crippen LogP) is 3.41. The Balaban J connectivity index is 1.35. The number of carboxylic acids is 1. The van der Waals surface area contributed by atoms with E-state index in [4.69, 9.17) is 21.3 Å². The van der Waals surface area contributed by atoms with Gasteiger partial charge in [-0.15, -0.1) is 0 Å². The molecule has 168 valence electrons. The van der Waals surface area contributed by atoms with Crippen LogP contribution in [0.25, 0.3) is 22.4 Å². The second-order valence-corrected chi connectivity index (χ2v) is 8.84. The molecule has 0 amide bonds. The van der Waals surface area contributed by atoms with E-state index in [0.717, 1.165) is 68.3 Å². The molecular weight excluding hydrogens is 430 g/mol. The standard InChI is InChI=1S/C23H26ClN5O3/c24-18-12-19-22(26-20(25-19)14-28-7-1-2-16(13-28)23(30)31)27-21(18)15-3-5-17(6-4-15)29-8-10-32-11-9-29/h3-6,12,16H,1-2,7-11,13-14H2,(H,30,31)(H,25,26,27). The van der Waals surface area contributed by atoms with Crippen molar-refractivity contribution in [3.63, 3.8) is 0 Å². The molecule has 0 aliphatic carbocycles. The number of anilines is 1. The molecule has 2 aliphatic rings. The van der Waals surface area contributed by atoms with Gasteiger partial charge in [0, 0.05) is 30.9 Å². The van der Waals surface area contributed by atoms with Gasteiger partial charge in [0.1, 0.15) is 5.82 Å². The summed E-state index contributed by atoms with van der Waals surface area (Å²) in [6.45, 7) is 5.27. The van der Waals surface area contributed by atoms with E-state index in [2.05, 4.69) is 31.9 Å². The van der Waals surface area contributed by atoms with Crippen LogP contribution >= 0.6 is 11.6 Å². The van der Waals surface area contributed by atoms with Crippen molar-refractivity contribution < 1.29 is 14.6 Å². The molecule has 2 aromatic heterocycles. The number of nitrogens with zero attached hydrogens (tertiary/aromatic N) is 4. The molecule has 0 saturated carbocycles. The second kappa shape index (κ2) is 9.05. The summed E-state index contributed by atoms with van der Waals surface area (Å²) in [5, 5.41) is 9.88. The highest BCUT2D eigenvalue weighted by atomic mass is 35.5. The fourth-order valence-corrected chi connectivity index (χ4v) is 4.77. The molecule has 2 fully saturated rings. The summed E-state index contributed by atoms with van der Waals surface area (Å²) in [6, 6.07) is 10.1. The van der Waals surface area contributed by atoms with Gasteiger partial charge in [0.2, 0.25) is 0 Å². The van der Waals surface area contributed by atoms with E-state index >= 15 is 0 Å². The number of aromatic amines is 1. The smallest absolute Gasteiger partial charge is 0.307 e. The number of pyridine rings is 1. The van der Waals surface area contributed by atoms with E-state index in [0.29, 0.717) is 29.5 Å². The largest absolute Gasteiger partial charge is 0.481 e. The number of aromatic nitrogens is 3. The maximum atomic E-state index is 11.3. The third-order valence-electron chi connectivity index (χ3n) is 6.22. The predicted molar refractivity (Wildman–Crippen MR) is 123 cm³/mol. The number of rotatable bonds is 5. The molecule has 1 unspecified atom stereocenters. The number of ether oxygens (including phenoxy) is 1. The second-order valence-electron chi connectivity index (χ2n) is 8.43. The summed E-state index contributed by atoms with van der Waals surface area (Å²) in [6.07, 6.45) is 1.61. The minimum absolute atomic E-state index is 0.312. The van der Waals surface area contributed by atoms with Crippen LogP contribution in [-0.2, 0) is 16.1 Å². The van der Waals surface area contributed by atoms with Crippen LogP contribution in [0.1, 0.15) is 18.7 Å². The number of carbonyl (C=O) groups is 1. The van der Waals surface area contributed by atoms with Gasteiger partial charge < -0.3 is 19.7 Å². The molecule has 1 aromatic carbocycles. The first-order valence-electron chi connectivity index (χ1n) is 11.0. The number of hydrogen-bond donors (Lipinski definition) is 2. The number of nitrogens with one attached hydrogen (secondary N) is 1. The highest BCUT2D eigenvalue weighted by Crippen LogP contribution is 2.30. The van der Waals surface area contributed by atoms with Gasteiger partial charge in [-0.2, -0.15) is 0 Å². The third kappa shape index (κ3) is 4.44. The number of fused-ring (bicyclic) bond motifs is 1. The monoisotopic (exact) mass is 455 g/mol. The molecule has 0 bridgehead atoms. The van der Waals surface area contributed by atoms with E-state index in [1.807, 2.05) is 18.2 Å². The fraction of sp³-hybridized carbons (Fsp3) is 0.435. The fourth-order valence-electron chi connectivity index (χ4n) is 4.51. The van der Waals surface area contributed by atoms with Crippen LogP contribution in [0, 0.1) is 5.92 Å². The minimum atomic E-state index is -0.725. The summed E-state index contributed by atoms with van der Waals surface area (Å²) in [5.41, 5.74) is 4.21. The van der Waals surface area contributed by atoms with Crippen LogP contribution in [0.15, 0.2) is 30.3 Å². The molecule has 4 heterocycles. The molecule has 0 spiro atoms. The lowest BCUT2D eigenvalue weighted by molar-refractivity contribution is -0.143. The number of likely N-dealkylation sites (tertiary alicyclic amines) is 1. The zero-order chi connectivity index (χ0) is 22.1. The van der Waals surface area contributed by atoms with Gasteiger partial charge in [-0.25, -0.2) is 9.97 Å². The van der Waals surface area contributed by atoms with Crippen LogP contribution in [0.5, 0.6) is 0 Å². The first kappa shape index (κ1) is 21.2. The molecule has 3 aromatic rings. The Kier molecular flexibility index (Phi) is 5.99. The quantitative estimate of drug-likeness (QED) is 0.608. The summed E-state index contributed by atoms with van der Waals surface area (Å²) in [5.74, 6) is -0.265. The molecule has 2 saturated heterocycles. The number of imidazole rings is 1. The average Bonchev–Trinajstić information content (AvgIpc) is 3.20. The molecule has 2 aliphatic heterocycles. The van der Waals surface area contributed by atoms with E-state index in [1.54, 1.807) is 0 Å². The van der Waals surface area contributed by atoms with E-state index in [9.17, 15) is 9.90 Å². The van der Waals surface area contributed by atoms with Crippen molar-refractivity contribution in [3.8, 4) is 11.3 Å². The minimum Gasteiger partial charge on any atom is -0.481 e. The Labute approximate surface area is 191 Å². The van der Waals surface area contributed by atoms with Gasteiger partial charge in [-0.3, -0.25) is 9.69 Å². The molecule has 5 rings (SSSR count). The van der Waals surface area contributed by atoms with Crippen LogP contribution in [0.3, 0.4) is 0 Å². The highest BCUT2D eigenvalue weighted by Gasteiger charge is 2.26. The highest BCUT2D eigenvalue weighted by molar-refractivity contribution is 6.33. The Morgan fingerprint density at radius 1 is 1.19 bits per heavy atom. The number of morpholine rings is 1. The first-order valence-corrected chi connectivity index (χ1v) is 11.4. The number of benzene rings is 1. The lowest BCUT2D eigenvalue weighted by atomic mass is 9.98. The van der Waals surface area contributed by atoms with Gasteiger partial charge in [-0.05, 0) is 37.6 Å². The Morgan fingerprint density at radius 3 is 2.72 bits per heavy atom. The van der Waals surface area contributed by atoms with Gasteiger partial charge in [0.15, 0.2) is 5.65 Å². The Hall–Kier alpha value is -2.68. The van der Waals surface area contributed by atoms with Crippen molar-refractivity contribution in [1.82, 2.24) is 19.9 Å². The lowest BCUT2D eigenvalue weighted by Gasteiger charge is -2.29. The van der Waals surface area contributed by atoms with Gasteiger partial charge in [-0.1, -0.05) is 23.7 Å². The van der Waals surface area contributed by atoms with E-state index < -0.39 is 5.97 Å². The molecule has 8 nitrogen and oxygen atoms in total. The third-order valence-corrected chi connectivity index (χ3v) is 6.51. The molecule has 9 heteroatoms. The van der Waals surface area contributed by atoms with Crippen LogP contribution in [0.4, 0.5) is 5.69 Å². The van der Waals surface area contributed by atoms with Gasteiger partial charge in [0.05, 0.1) is 41.9 Å². The van der Waals surface area contributed by atoms with Crippen LogP contribution in [0.2, 0.25) is 5.02 Å². The van der Waals surface area contributed by atoms with Crippen molar-refractivity contribution in [2.24, 2.45) is 5.92 Å². The number of hydrogen-bond acceptors (Lipinski definition) is 6. The summed E-state index contributed by atoms with van der Waals surface area (Å²) in [4.78, 5) is 28.4. The number of piperidine rings is 1. The van der Waals surface area contributed by atoms with Gasteiger partial charge in [0.25, 0.3) is 0 Å². The maximum Gasteiger partial charge on any atom is 0.307 e. The maximum absolute atomic E-state index is 11.3. The molecule has 2 N–H and O–H groups in total. The summed E-state index contributed by atoms with van der Waals surface area (Å²) in [7, 11) is 0. The van der Waals surface area contributed by atoms with Crippen molar-refractivity contribution in [1.29, 1.82) is 0 Å². The van der Waals surface area contributed by atoms with Crippen molar-refractivity contribution >= 4 is 34.4 Å². The lowest BCUT2D eigenvalue weighted by Crippen LogP contribution is -2.38. The zero-order valence-corrected chi connectivity index (χ0v) is 18.5. The SMILES string of the molecule is O=C(O)C1CCCN(Cc2nc3nc(-c4ccc(N5CCOCC5)cc4)c(Cl)cc3[nH]2)C1. The van der Waals surface area contributed by atoms with Gasteiger partial charge >= 0.3 is 5.97 Å². The number of H-pyrrole nitrogens is 1. The van der Waals surface area contributed by atoms with Crippen LogP contribution in [-0.4, -0.2) is 70.3 Å².